The van der Waals surface area contributed by atoms with Gasteiger partial charge in [0.1, 0.15) is 3.67 Å². The molecule has 0 spiro atoms. The van der Waals surface area contributed by atoms with Crippen molar-refractivity contribution in [1.82, 2.24) is 0 Å². The first-order valence-corrected chi connectivity index (χ1v) is 8.07. The molecule has 0 aliphatic carbocycles. The Hall–Kier alpha value is 0.100. The standard InChI is InChI=1S/C11H16IO3P/c1-3-14-16(13,15-4-2)11(12)10-8-6-5-7-9-10/h5-9,11H,3-4H2,1-2H3. The van der Waals surface area contributed by atoms with Gasteiger partial charge in [0.05, 0.1) is 13.2 Å². The molecular weight excluding hydrogens is 338 g/mol. The van der Waals surface area contributed by atoms with E-state index in [-0.39, 0.29) is 3.67 Å². The van der Waals surface area contributed by atoms with Gasteiger partial charge in [-0.2, -0.15) is 0 Å². The molecule has 0 aromatic heterocycles. The van der Waals surface area contributed by atoms with Crippen LogP contribution in [-0.4, -0.2) is 13.2 Å². The third kappa shape index (κ3) is 3.55. The first-order chi connectivity index (χ1) is 7.64. The van der Waals surface area contributed by atoms with Crippen LogP contribution >= 0.6 is 30.2 Å². The van der Waals surface area contributed by atoms with Crippen molar-refractivity contribution in [3.05, 3.63) is 35.9 Å². The molecule has 3 nitrogen and oxygen atoms in total. The number of hydrogen-bond acceptors (Lipinski definition) is 3. The Morgan fingerprint density at radius 3 is 2.12 bits per heavy atom. The molecule has 5 heteroatoms. The Bertz CT molecular complexity index is 346. The van der Waals surface area contributed by atoms with E-state index in [1.54, 1.807) is 0 Å². The molecule has 0 saturated carbocycles. The summed E-state index contributed by atoms with van der Waals surface area (Å²) in [4.78, 5) is 0. The monoisotopic (exact) mass is 354 g/mol. The van der Waals surface area contributed by atoms with Gasteiger partial charge in [0, 0.05) is 0 Å². The molecule has 1 rings (SSSR count). The number of alkyl halides is 1. The summed E-state index contributed by atoms with van der Waals surface area (Å²) in [5.74, 6) is 0. The summed E-state index contributed by atoms with van der Waals surface area (Å²) in [5.41, 5.74) is 0.966. The van der Waals surface area contributed by atoms with Crippen LogP contribution < -0.4 is 0 Å². The van der Waals surface area contributed by atoms with Crippen LogP contribution in [-0.2, 0) is 13.6 Å². The lowest BCUT2D eigenvalue weighted by atomic mass is 10.2. The van der Waals surface area contributed by atoms with Crippen LogP contribution in [0, 0.1) is 0 Å². The van der Waals surface area contributed by atoms with Crippen LogP contribution in [0.25, 0.3) is 0 Å². The molecule has 1 atom stereocenters. The first kappa shape index (κ1) is 14.2. The van der Waals surface area contributed by atoms with Crippen LogP contribution in [0.2, 0.25) is 0 Å². The second kappa shape index (κ2) is 6.74. The fourth-order valence-corrected chi connectivity index (χ4v) is 4.30. The van der Waals surface area contributed by atoms with Crippen molar-refractivity contribution in [1.29, 1.82) is 0 Å². The summed E-state index contributed by atoms with van der Waals surface area (Å²) in [7, 11) is -3.05. The third-order valence-corrected chi connectivity index (χ3v) is 6.83. The van der Waals surface area contributed by atoms with Crippen LogP contribution in [0.3, 0.4) is 0 Å². The normalized spacial score (nSPS) is 13.7. The van der Waals surface area contributed by atoms with E-state index in [0.29, 0.717) is 13.2 Å². The van der Waals surface area contributed by atoms with Gasteiger partial charge < -0.3 is 9.05 Å². The van der Waals surface area contributed by atoms with Crippen molar-refractivity contribution in [3.63, 3.8) is 0 Å². The average molecular weight is 354 g/mol. The molecule has 0 aliphatic heterocycles. The van der Waals surface area contributed by atoms with E-state index in [4.69, 9.17) is 9.05 Å². The van der Waals surface area contributed by atoms with Crippen molar-refractivity contribution >= 4 is 30.2 Å². The zero-order chi connectivity index (χ0) is 12.0. The molecule has 90 valence electrons. The van der Waals surface area contributed by atoms with Crippen molar-refractivity contribution < 1.29 is 13.6 Å². The zero-order valence-electron chi connectivity index (χ0n) is 9.43. The van der Waals surface area contributed by atoms with Gasteiger partial charge in [0.25, 0.3) is 0 Å². The summed E-state index contributed by atoms with van der Waals surface area (Å²) in [6, 6.07) is 9.63. The highest BCUT2D eigenvalue weighted by molar-refractivity contribution is 14.1. The van der Waals surface area contributed by atoms with Crippen molar-refractivity contribution in [3.8, 4) is 0 Å². The van der Waals surface area contributed by atoms with E-state index >= 15 is 0 Å². The predicted octanol–water partition coefficient (Wildman–Crippen LogP) is 4.39. The van der Waals surface area contributed by atoms with Gasteiger partial charge in [-0.3, -0.25) is 4.57 Å². The molecule has 1 aromatic rings. The van der Waals surface area contributed by atoms with E-state index in [0.717, 1.165) is 5.56 Å². The largest absolute Gasteiger partial charge is 0.347 e. The summed E-state index contributed by atoms with van der Waals surface area (Å²) in [6.07, 6.45) is 0. The highest BCUT2D eigenvalue weighted by Gasteiger charge is 2.34. The minimum atomic E-state index is -3.05. The highest BCUT2D eigenvalue weighted by Crippen LogP contribution is 2.64. The zero-order valence-corrected chi connectivity index (χ0v) is 12.5. The Kier molecular flexibility index (Phi) is 5.97. The lowest BCUT2D eigenvalue weighted by molar-refractivity contribution is 0.219. The number of halogens is 1. The fourth-order valence-electron chi connectivity index (χ4n) is 1.32. The van der Waals surface area contributed by atoms with Gasteiger partial charge in [-0.1, -0.05) is 52.9 Å². The van der Waals surface area contributed by atoms with Gasteiger partial charge in [-0.05, 0) is 19.4 Å². The SMILES string of the molecule is CCOP(=O)(OCC)C(I)c1ccccc1. The van der Waals surface area contributed by atoms with Gasteiger partial charge in [-0.15, -0.1) is 0 Å². The Morgan fingerprint density at radius 2 is 1.69 bits per heavy atom. The van der Waals surface area contributed by atoms with E-state index in [9.17, 15) is 4.57 Å². The summed E-state index contributed by atoms with van der Waals surface area (Å²) in [6.45, 7) is 4.42. The molecule has 0 amide bonds. The molecule has 0 heterocycles. The molecule has 0 bridgehead atoms. The summed E-state index contributed by atoms with van der Waals surface area (Å²) >= 11 is 2.12. The van der Waals surface area contributed by atoms with Crippen molar-refractivity contribution in [2.24, 2.45) is 0 Å². The topological polar surface area (TPSA) is 35.5 Å². The lowest BCUT2D eigenvalue weighted by Crippen LogP contribution is -2.01. The average Bonchev–Trinajstić information content (AvgIpc) is 2.30. The summed E-state index contributed by atoms with van der Waals surface area (Å²) < 4.78 is 22.8. The Labute approximate surface area is 110 Å². The van der Waals surface area contributed by atoms with Crippen LogP contribution in [0.1, 0.15) is 23.1 Å². The maximum absolute atomic E-state index is 12.5. The third-order valence-electron chi connectivity index (χ3n) is 1.97. The van der Waals surface area contributed by atoms with Crippen LogP contribution in [0.4, 0.5) is 0 Å². The van der Waals surface area contributed by atoms with Crippen LogP contribution in [0.5, 0.6) is 0 Å². The van der Waals surface area contributed by atoms with Gasteiger partial charge in [0.2, 0.25) is 0 Å². The number of benzene rings is 1. The second-order valence-electron chi connectivity index (χ2n) is 3.12. The predicted molar refractivity (Wildman–Crippen MR) is 74.1 cm³/mol. The van der Waals surface area contributed by atoms with E-state index in [2.05, 4.69) is 22.6 Å². The first-order valence-electron chi connectivity index (χ1n) is 5.22. The van der Waals surface area contributed by atoms with E-state index < -0.39 is 7.60 Å². The van der Waals surface area contributed by atoms with Crippen molar-refractivity contribution in [2.75, 3.05) is 13.2 Å². The molecule has 0 aliphatic rings. The number of rotatable bonds is 6. The molecule has 1 unspecified atom stereocenters. The lowest BCUT2D eigenvalue weighted by Gasteiger charge is -2.22. The second-order valence-corrected chi connectivity index (χ2v) is 7.47. The maximum Gasteiger partial charge on any atom is 0.347 e. The summed E-state index contributed by atoms with van der Waals surface area (Å²) in [5, 5.41) is 0. The van der Waals surface area contributed by atoms with Gasteiger partial charge in [0.15, 0.2) is 0 Å². The highest BCUT2D eigenvalue weighted by atomic mass is 127. The molecule has 0 radical (unpaired) electrons. The minimum Gasteiger partial charge on any atom is -0.308 e. The van der Waals surface area contributed by atoms with Crippen molar-refractivity contribution in [2.45, 2.75) is 17.5 Å². The van der Waals surface area contributed by atoms with E-state index in [1.165, 1.54) is 0 Å². The molecule has 0 saturated heterocycles. The molecule has 0 N–H and O–H groups in total. The number of hydrogen-bond donors (Lipinski definition) is 0. The molecule has 16 heavy (non-hydrogen) atoms. The smallest absolute Gasteiger partial charge is 0.308 e. The Balaban J connectivity index is 2.91. The van der Waals surface area contributed by atoms with Crippen LogP contribution in [0.15, 0.2) is 30.3 Å². The van der Waals surface area contributed by atoms with E-state index in [1.807, 2.05) is 44.2 Å². The molecular formula is C11H16IO3P. The maximum atomic E-state index is 12.5. The molecule has 1 aromatic carbocycles. The Morgan fingerprint density at radius 1 is 1.19 bits per heavy atom. The quantitative estimate of drug-likeness (QED) is 0.432. The van der Waals surface area contributed by atoms with Gasteiger partial charge >= 0.3 is 7.60 Å². The fraction of sp³-hybridized carbons (Fsp3) is 0.455. The minimum absolute atomic E-state index is 0.258. The van der Waals surface area contributed by atoms with Gasteiger partial charge in [-0.25, -0.2) is 0 Å². The molecule has 0 fully saturated rings.